The summed E-state index contributed by atoms with van der Waals surface area (Å²) >= 11 is 6.12. The summed E-state index contributed by atoms with van der Waals surface area (Å²) in [5, 5.41) is 3.46. The number of halogens is 1. The van der Waals surface area contributed by atoms with Crippen LogP contribution in [0.5, 0.6) is 0 Å². The Balaban J connectivity index is 1.53. The van der Waals surface area contributed by atoms with Crippen LogP contribution in [0.2, 0.25) is 5.28 Å². The van der Waals surface area contributed by atoms with Crippen molar-refractivity contribution in [1.82, 2.24) is 24.4 Å². The highest BCUT2D eigenvalue weighted by atomic mass is 35.5. The average molecular weight is 371 g/mol. The smallest absolute Gasteiger partial charge is 0.226 e. The predicted molar refractivity (Wildman–Crippen MR) is 99.9 cm³/mol. The summed E-state index contributed by atoms with van der Waals surface area (Å²) in [6.07, 6.45) is 3.31. The number of nitrogens with one attached hydrogen (secondary N) is 1. The van der Waals surface area contributed by atoms with E-state index in [-0.39, 0.29) is 11.2 Å². The van der Waals surface area contributed by atoms with Crippen molar-refractivity contribution in [3.05, 3.63) is 47.5 Å². The van der Waals surface area contributed by atoms with E-state index in [9.17, 15) is 4.79 Å². The highest BCUT2D eigenvalue weighted by molar-refractivity contribution is 6.28. The van der Waals surface area contributed by atoms with E-state index in [4.69, 9.17) is 11.6 Å². The Morgan fingerprint density at radius 2 is 2.00 bits per heavy atom. The Labute approximate surface area is 156 Å². The maximum absolute atomic E-state index is 11.8. The number of benzene rings is 1. The van der Waals surface area contributed by atoms with Gasteiger partial charge >= 0.3 is 0 Å². The van der Waals surface area contributed by atoms with Crippen molar-refractivity contribution in [1.29, 1.82) is 0 Å². The molecule has 3 heterocycles. The number of fused-ring (bicyclic) bond motifs is 1. The lowest BCUT2D eigenvalue weighted by atomic mass is 10.2. The maximum Gasteiger partial charge on any atom is 0.226 e. The van der Waals surface area contributed by atoms with E-state index in [1.807, 2.05) is 39.8 Å². The Kier molecular flexibility index (Phi) is 4.71. The van der Waals surface area contributed by atoms with Crippen LogP contribution in [-0.2, 0) is 17.9 Å². The molecule has 1 amide bonds. The molecule has 0 aliphatic carbocycles. The number of aromatic nitrogens is 4. The van der Waals surface area contributed by atoms with Crippen LogP contribution >= 0.6 is 11.6 Å². The van der Waals surface area contributed by atoms with Crippen molar-refractivity contribution in [3.8, 4) is 0 Å². The number of likely N-dealkylation sites (tertiary alicyclic amines) is 1. The summed E-state index contributed by atoms with van der Waals surface area (Å²) < 4.78 is 1.92. The second-order valence-electron chi connectivity index (χ2n) is 6.27. The first-order chi connectivity index (χ1) is 12.7. The molecule has 2 aromatic heterocycles. The Morgan fingerprint density at radius 3 is 2.77 bits per heavy atom. The molecule has 1 fully saturated rings. The van der Waals surface area contributed by atoms with E-state index >= 15 is 0 Å². The Bertz CT molecular complexity index is 926. The van der Waals surface area contributed by atoms with Crippen molar-refractivity contribution < 1.29 is 4.79 Å². The first kappa shape index (κ1) is 16.8. The average Bonchev–Trinajstić information content (AvgIpc) is 3.24. The van der Waals surface area contributed by atoms with E-state index in [1.165, 1.54) is 0 Å². The minimum atomic E-state index is 0.173. The second kappa shape index (κ2) is 7.29. The van der Waals surface area contributed by atoms with Crippen molar-refractivity contribution in [3.63, 3.8) is 0 Å². The van der Waals surface area contributed by atoms with Gasteiger partial charge in [-0.15, -0.1) is 0 Å². The molecule has 0 bridgehead atoms. The fourth-order valence-corrected chi connectivity index (χ4v) is 3.32. The highest BCUT2D eigenvalue weighted by Crippen LogP contribution is 2.22. The standard InChI is InChI=1S/C18H19ClN6O/c19-18-22-16(20-11-13-5-2-1-3-6-13)15-17(23-18)25(12-21-15)10-9-24-8-4-7-14(24)26/h1-3,5-6,12H,4,7-11H2,(H,20,22,23). The van der Waals surface area contributed by atoms with Crippen LogP contribution in [-0.4, -0.2) is 43.4 Å². The van der Waals surface area contributed by atoms with Gasteiger partial charge in [0.15, 0.2) is 17.0 Å². The predicted octanol–water partition coefficient (Wildman–Crippen LogP) is 2.71. The first-order valence-corrected chi connectivity index (χ1v) is 9.02. The van der Waals surface area contributed by atoms with Crippen molar-refractivity contribution >= 4 is 34.5 Å². The zero-order valence-electron chi connectivity index (χ0n) is 14.2. The van der Waals surface area contributed by atoms with Crippen LogP contribution in [0.3, 0.4) is 0 Å². The molecular formula is C18H19ClN6O. The number of hydrogen-bond acceptors (Lipinski definition) is 5. The zero-order valence-corrected chi connectivity index (χ0v) is 15.0. The third kappa shape index (κ3) is 3.48. The monoisotopic (exact) mass is 370 g/mol. The second-order valence-corrected chi connectivity index (χ2v) is 6.61. The van der Waals surface area contributed by atoms with Crippen molar-refractivity contribution in [2.75, 3.05) is 18.4 Å². The van der Waals surface area contributed by atoms with E-state index in [1.54, 1.807) is 6.33 Å². The maximum atomic E-state index is 11.8. The van der Waals surface area contributed by atoms with E-state index in [0.29, 0.717) is 43.0 Å². The molecule has 0 saturated carbocycles. The van der Waals surface area contributed by atoms with Gasteiger partial charge in [0.1, 0.15) is 0 Å². The normalized spacial score (nSPS) is 14.3. The van der Waals surface area contributed by atoms with Crippen LogP contribution in [0, 0.1) is 0 Å². The van der Waals surface area contributed by atoms with Gasteiger partial charge in [-0.05, 0) is 23.6 Å². The molecule has 1 aliphatic heterocycles. The topological polar surface area (TPSA) is 75.9 Å². The lowest BCUT2D eigenvalue weighted by Crippen LogP contribution is -2.28. The number of amides is 1. The molecule has 8 heteroatoms. The molecule has 4 rings (SSSR count). The third-order valence-corrected chi connectivity index (χ3v) is 4.69. The lowest BCUT2D eigenvalue weighted by molar-refractivity contribution is -0.127. The van der Waals surface area contributed by atoms with Crippen LogP contribution in [0.1, 0.15) is 18.4 Å². The van der Waals surface area contributed by atoms with E-state index in [0.717, 1.165) is 18.5 Å². The minimum Gasteiger partial charge on any atom is -0.364 e. The molecule has 0 unspecified atom stereocenters. The molecule has 1 aliphatic rings. The van der Waals surface area contributed by atoms with Gasteiger partial charge in [0.05, 0.1) is 6.33 Å². The number of imidazole rings is 1. The van der Waals surface area contributed by atoms with Gasteiger partial charge in [0, 0.05) is 32.6 Å². The largest absolute Gasteiger partial charge is 0.364 e. The molecule has 1 aromatic carbocycles. The molecule has 1 N–H and O–H groups in total. The van der Waals surface area contributed by atoms with Crippen LogP contribution < -0.4 is 5.32 Å². The Morgan fingerprint density at radius 1 is 1.15 bits per heavy atom. The number of carbonyl (C=O) groups is 1. The quantitative estimate of drug-likeness (QED) is 0.675. The SMILES string of the molecule is O=C1CCCN1CCn1cnc2c(NCc3ccccc3)nc(Cl)nc21. The molecule has 1 saturated heterocycles. The summed E-state index contributed by atoms with van der Waals surface area (Å²) in [4.78, 5) is 26.7. The third-order valence-electron chi connectivity index (χ3n) is 4.52. The summed E-state index contributed by atoms with van der Waals surface area (Å²) in [5.74, 6) is 0.826. The van der Waals surface area contributed by atoms with Gasteiger partial charge in [-0.25, -0.2) is 4.98 Å². The fourth-order valence-electron chi connectivity index (χ4n) is 3.16. The number of carbonyl (C=O) groups excluding carboxylic acids is 1. The molecule has 3 aromatic rings. The van der Waals surface area contributed by atoms with E-state index in [2.05, 4.69) is 20.3 Å². The molecule has 134 valence electrons. The van der Waals surface area contributed by atoms with Gasteiger partial charge in [0.2, 0.25) is 11.2 Å². The van der Waals surface area contributed by atoms with Crippen LogP contribution in [0.4, 0.5) is 5.82 Å². The van der Waals surface area contributed by atoms with Crippen LogP contribution in [0.15, 0.2) is 36.7 Å². The molecule has 0 radical (unpaired) electrons. The van der Waals surface area contributed by atoms with Crippen molar-refractivity contribution in [2.45, 2.75) is 25.9 Å². The number of rotatable bonds is 6. The highest BCUT2D eigenvalue weighted by Gasteiger charge is 2.20. The number of nitrogens with zero attached hydrogens (tertiary/aromatic N) is 5. The number of anilines is 1. The fraction of sp³-hybridized carbons (Fsp3) is 0.333. The molecule has 0 atom stereocenters. The van der Waals surface area contributed by atoms with Crippen molar-refractivity contribution in [2.24, 2.45) is 0 Å². The molecule has 7 nitrogen and oxygen atoms in total. The molecule has 26 heavy (non-hydrogen) atoms. The Hall–Kier alpha value is -2.67. The van der Waals surface area contributed by atoms with Gasteiger partial charge in [0.25, 0.3) is 0 Å². The zero-order chi connectivity index (χ0) is 17.9. The lowest BCUT2D eigenvalue weighted by Gasteiger charge is -2.15. The first-order valence-electron chi connectivity index (χ1n) is 8.64. The van der Waals surface area contributed by atoms with Gasteiger partial charge in [-0.1, -0.05) is 30.3 Å². The molecule has 0 spiro atoms. The van der Waals surface area contributed by atoms with Gasteiger partial charge in [-0.3, -0.25) is 4.79 Å². The summed E-state index contributed by atoms with van der Waals surface area (Å²) in [5.41, 5.74) is 2.49. The summed E-state index contributed by atoms with van der Waals surface area (Å²) in [6, 6.07) is 10.1. The minimum absolute atomic E-state index is 0.173. The summed E-state index contributed by atoms with van der Waals surface area (Å²) in [7, 11) is 0. The van der Waals surface area contributed by atoms with Crippen LogP contribution in [0.25, 0.3) is 11.2 Å². The van der Waals surface area contributed by atoms with Gasteiger partial charge in [-0.2, -0.15) is 9.97 Å². The summed E-state index contributed by atoms with van der Waals surface area (Å²) in [6.45, 7) is 2.73. The van der Waals surface area contributed by atoms with E-state index < -0.39 is 0 Å². The van der Waals surface area contributed by atoms with Gasteiger partial charge < -0.3 is 14.8 Å². The molecular weight excluding hydrogens is 352 g/mol. The number of hydrogen-bond donors (Lipinski definition) is 1.